The van der Waals surface area contributed by atoms with Crippen LogP contribution in [0.2, 0.25) is 5.02 Å². The smallest absolute Gasteiger partial charge is 0.266 e. The van der Waals surface area contributed by atoms with Gasteiger partial charge in [-0.25, -0.2) is 4.68 Å². The molecule has 2 rings (SSSR count). The minimum absolute atomic E-state index is 0.209. The number of halogens is 1. The van der Waals surface area contributed by atoms with E-state index in [1.165, 1.54) is 27.8 Å². The van der Waals surface area contributed by atoms with Gasteiger partial charge in [0.2, 0.25) is 0 Å². The SMILES string of the molecule is Cc1nnc(CSc2cnn(C(C)(C)C)c(=O)c2Cl)s1. The molecule has 0 aromatic carbocycles. The Morgan fingerprint density at radius 2 is 2.10 bits per heavy atom. The molecule has 0 bridgehead atoms. The lowest BCUT2D eigenvalue weighted by Gasteiger charge is -2.20. The van der Waals surface area contributed by atoms with Crippen molar-refractivity contribution in [2.45, 2.75) is 43.9 Å². The molecule has 108 valence electrons. The van der Waals surface area contributed by atoms with Gasteiger partial charge in [0, 0.05) is 0 Å². The Morgan fingerprint density at radius 1 is 1.40 bits per heavy atom. The van der Waals surface area contributed by atoms with Gasteiger partial charge in [-0.1, -0.05) is 11.6 Å². The van der Waals surface area contributed by atoms with Gasteiger partial charge in [0.1, 0.15) is 15.0 Å². The summed E-state index contributed by atoms with van der Waals surface area (Å²) in [6.07, 6.45) is 1.63. The number of rotatable bonds is 3. The van der Waals surface area contributed by atoms with Crippen LogP contribution in [0.5, 0.6) is 0 Å². The van der Waals surface area contributed by atoms with E-state index in [2.05, 4.69) is 15.3 Å². The quantitative estimate of drug-likeness (QED) is 0.809. The summed E-state index contributed by atoms with van der Waals surface area (Å²) in [6, 6.07) is 0. The first kappa shape index (κ1) is 15.5. The summed E-state index contributed by atoms with van der Waals surface area (Å²) in [7, 11) is 0. The maximum Gasteiger partial charge on any atom is 0.287 e. The van der Waals surface area contributed by atoms with E-state index in [9.17, 15) is 4.79 Å². The minimum Gasteiger partial charge on any atom is -0.266 e. The molecule has 0 spiro atoms. The molecule has 2 heterocycles. The predicted molar refractivity (Wildman–Crippen MR) is 82.7 cm³/mol. The first-order valence-electron chi connectivity index (χ1n) is 5.99. The van der Waals surface area contributed by atoms with Crippen LogP contribution < -0.4 is 5.56 Å². The summed E-state index contributed by atoms with van der Waals surface area (Å²) in [5.41, 5.74) is -0.655. The van der Waals surface area contributed by atoms with Gasteiger partial charge in [0.25, 0.3) is 5.56 Å². The number of nitrogens with zero attached hydrogens (tertiary/aromatic N) is 4. The molecule has 0 saturated heterocycles. The van der Waals surface area contributed by atoms with Crippen LogP contribution in [0.25, 0.3) is 0 Å². The molecule has 5 nitrogen and oxygen atoms in total. The molecule has 0 aliphatic heterocycles. The van der Waals surface area contributed by atoms with Gasteiger partial charge in [0.15, 0.2) is 0 Å². The van der Waals surface area contributed by atoms with E-state index in [0.29, 0.717) is 10.6 Å². The van der Waals surface area contributed by atoms with Crippen molar-refractivity contribution in [3.63, 3.8) is 0 Å². The Bertz CT molecular complexity index is 675. The second-order valence-electron chi connectivity index (χ2n) is 5.21. The lowest BCUT2D eigenvalue weighted by Crippen LogP contribution is -2.36. The lowest BCUT2D eigenvalue weighted by molar-refractivity contribution is 0.336. The maximum absolute atomic E-state index is 12.2. The van der Waals surface area contributed by atoms with Crippen LogP contribution in [0.3, 0.4) is 0 Å². The molecule has 2 aromatic heterocycles. The standard InChI is InChI=1S/C12H15ClN4OS2/c1-7-15-16-9(20-7)6-19-8-5-14-17(12(2,3)4)11(18)10(8)13/h5H,6H2,1-4H3. The first-order chi connectivity index (χ1) is 9.29. The normalized spacial score (nSPS) is 11.8. The van der Waals surface area contributed by atoms with Crippen molar-refractivity contribution in [3.8, 4) is 0 Å². The first-order valence-corrected chi connectivity index (χ1v) is 8.17. The Kier molecular flexibility index (Phi) is 4.51. The van der Waals surface area contributed by atoms with Gasteiger partial charge in [-0.15, -0.1) is 33.3 Å². The van der Waals surface area contributed by atoms with E-state index < -0.39 is 0 Å². The molecule has 0 atom stereocenters. The fraction of sp³-hybridized carbons (Fsp3) is 0.500. The number of hydrogen-bond donors (Lipinski definition) is 0. The van der Waals surface area contributed by atoms with Crippen molar-refractivity contribution in [2.75, 3.05) is 0 Å². The largest absolute Gasteiger partial charge is 0.287 e. The van der Waals surface area contributed by atoms with Gasteiger partial charge >= 0.3 is 0 Å². The zero-order valence-electron chi connectivity index (χ0n) is 11.7. The van der Waals surface area contributed by atoms with Crippen LogP contribution in [0.1, 0.15) is 30.8 Å². The highest BCUT2D eigenvalue weighted by molar-refractivity contribution is 7.98. The number of aryl methyl sites for hydroxylation is 1. The number of thioether (sulfide) groups is 1. The molecule has 0 saturated carbocycles. The van der Waals surface area contributed by atoms with Crippen molar-refractivity contribution < 1.29 is 0 Å². The molecule has 0 radical (unpaired) electrons. The van der Waals surface area contributed by atoms with Gasteiger partial charge < -0.3 is 0 Å². The van der Waals surface area contributed by atoms with Crippen LogP contribution in [0.4, 0.5) is 0 Å². The average Bonchev–Trinajstić information content (AvgIpc) is 2.75. The second-order valence-corrected chi connectivity index (χ2v) is 7.88. The highest BCUT2D eigenvalue weighted by Crippen LogP contribution is 2.28. The van der Waals surface area contributed by atoms with Crippen molar-refractivity contribution in [1.82, 2.24) is 20.0 Å². The molecular weight excluding hydrogens is 316 g/mol. The van der Waals surface area contributed by atoms with Gasteiger partial charge in [-0.05, 0) is 27.7 Å². The zero-order chi connectivity index (χ0) is 14.9. The summed E-state index contributed by atoms with van der Waals surface area (Å²) in [4.78, 5) is 12.9. The van der Waals surface area contributed by atoms with Crippen LogP contribution >= 0.6 is 34.7 Å². The van der Waals surface area contributed by atoms with Crippen LogP contribution in [0.15, 0.2) is 15.9 Å². The van der Waals surface area contributed by atoms with Gasteiger partial charge in [-0.3, -0.25) is 4.79 Å². The van der Waals surface area contributed by atoms with Crippen LogP contribution in [-0.4, -0.2) is 20.0 Å². The summed E-state index contributed by atoms with van der Waals surface area (Å²) >= 11 is 9.13. The fourth-order valence-electron chi connectivity index (χ4n) is 1.53. The molecule has 0 unspecified atom stereocenters. The molecular formula is C12H15ClN4OS2. The van der Waals surface area contributed by atoms with E-state index in [-0.39, 0.29) is 16.1 Å². The highest BCUT2D eigenvalue weighted by Gasteiger charge is 2.19. The fourth-order valence-corrected chi connectivity index (χ4v) is 3.41. The molecule has 2 aromatic rings. The summed E-state index contributed by atoms with van der Waals surface area (Å²) < 4.78 is 1.40. The Balaban J connectivity index is 2.22. The van der Waals surface area contributed by atoms with Gasteiger partial charge in [-0.2, -0.15) is 5.10 Å². The van der Waals surface area contributed by atoms with E-state index in [0.717, 1.165) is 10.0 Å². The third-order valence-electron chi connectivity index (χ3n) is 2.44. The highest BCUT2D eigenvalue weighted by atomic mass is 35.5. The topological polar surface area (TPSA) is 60.7 Å². The predicted octanol–water partition coefficient (Wildman–Crippen LogP) is 3.10. The van der Waals surface area contributed by atoms with Crippen molar-refractivity contribution >= 4 is 34.7 Å². The van der Waals surface area contributed by atoms with Gasteiger partial charge in [0.05, 0.1) is 22.4 Å². The van der Waals surface area contributed by atoms with E-state index in [4.69, 9.17) is 11.6 Å². The van der Waals surface area contributed by atoms with Crippen molar-refractivity contribution in [1.29, 1.82) is 0 Å². The molecule has 20 heavy (non-hydrogen) atoms. The van der Waals surface area contributed by atoms with E-state index in [1.807, 2.05) is 27.7 Å². The Hall–Kier alpha value is -0.920. The third-order valence-corrected chi connectivity index (χ3v) is 4.98. The van der Waals surface area contributed by atoms with E-state index in [1.54, 1.807) is 6.20 Å². The minimum atomic E-state index is -0.389. The molecule has 0 N–H and O–H groups in total. The Labute approximate surface area is 130 Å². The van der Waals surface area contributed by atoms with Crippen LogP contribution in [-0.2, 0) is 11.3 Å². The van der Waals surface area contributed by atoms with Crippen molar-refractivity contribution in [2.24, 2.45) is 0 Å². The third kappa shape index (κ3) is 3.39. The average molecular weight is 331 g/mol. The second kappa shape index (κ2) is 5.83. The molecule has 0 aliphatic carbocycles. The zero-order valence-corrected chi connectivity index (χ0v) is 14.1. The monoisotopic (exact) mass is 330 g/mol. The summed E-state index contributed by atoms with van der Waals surface area (Å²) in [6.45, 7) is 7.64. The number of hydrogen-bond acceptors (Lipinski definition) is 6. The summed E-state index contributed by atoms with van der Waals surface area (Å²) in [5, 5.41) is 14.2. The van der Waals surface area contributed by atoms with Crippen LogP contribution in [0, 0.1) is 6.92 Å². The summed E-state index contributed by atoms with van der Waals surface area (Å²) in [5.74, 6) is 0.631. The van der Waals surface area contributed by atoms with E-state index >= 15 is 0 Å². The Morgan fingerprint density at radius 3 is 2.65 bits per heavy atom. The number of aromatic nitrogens is 4. The maximum atomic E-state index is 12.2. The van der Waals surface area contributed by atoms with Crippen molar-refractivity contribution in [3.05, 3.63) is 31.6 Å². The molecule has 0 aliphatic rings. The molecule has 0 amide bonds. The molecule has 8 heteroatoms. The lowest BCUT2D eigenvalue weighted by atomic mass is 10.1. The molecule has 0 fully saturated rings.